The van der Waals surface area contributed by atoms with Crippen molar-refractivity contribution >= 4 is 39.3 Å². The maximum Gasteiger partial charge on any atom is 0.253 e. The minimum atomic E-state index is -0.569. The van der Waals surface area contributed by atoms with Crippen LogP contribution in [0.2, 0.25) is 5.02 Å². The van der Waals surface area contributed by atoms with Crippen LogP contribution >= 0.6 is 27.5 Å². The van der Waals surface area contributed by atoms with Crippen molar-refractivity contribution < 1.29 is 9.59 Å². The highest BCUT2D eigenvalue weighted by atomic mass is 79.9. The summed E-state index contributed by atoms with van der Waals surface area (Å²) < 4.78 is 0.598. The number of hydrogen-bond acceptors (Lipinski definition) is 2. The minimum absolute atomic E-state index is 0.124. The summed E-state index contributed by atoms with van der Waals surface area (Å²) in [5.74, 6) is -0.435. The van der Waals surface area contributed by atoms with Gasteiger partial charge < -0.3 is 10.2 Å². The number of carbonyl (C=O) groups is 2. The van der Waals surface area contributed by atoms with Crippen LogP contribution in [-0.4, -0.2) is 36.3 Å². The van der Waals surface area contributed by atoms with Gasteiger partial charge in [-0.1, -0.05) is 11.6 Å². The lowest BCUT2D eigenvalue weighted by Crippen LogP contribution is -2.45. The van der Waals surface area contributed by atoms with Crippen molar-refractivity contribution in [1.29, 1.82) is 0 Å². The van der Waals surface area contributed by atoms with E-state index in [1.54, 1.807) is 37.1 Å². The van der Waals surface area contributed by atoms with E-state index in [1.165, 1.54) is 0 Å². The maximum absolute atomic E-state index is 12.0. The van der Waals surface area contributed by atoms with Gasteiger partial charge in [0, 0.05) is 23.1 Å². The molecule has 1 atom stereocenters. The Kier molecular flexibility index (Phi) is 5.82. The number of carbonyl (C=O) groups excluding carboxylic acids is 2. The van der Waals surface area contributed by atoms with Crippen LogP contribution in [-0.2, 0) is 4.79 Å². The van der Waals surface area contributed by atoms with Crippen LogP contribution in [0.1, 0.15) is 24.2 Å². The predicted octanol–water partition coefficient (Wildman–Crippen LogP) is 2.70. The molecule has 0 fully saturated rings. The largest absolute Gasteiger partial charge is 0.344 e. The summed E-state index contributed by atoms with van der Waals surface area (Å²) in [5.41, 5.74) is 0.447. The Morgan fingerprint density at radius 3 is 2.63 bits per heavy atom. The molecule has 1 rings (SSSR count). The van der Waals surface area contributed by atoms with Gasteiger partial charge in [-0.2, -0.15) is 0 Å². The molecule has 0 saturated heterocycles. The highest BCUT2D eigenvalue weighted by Crippen LogP contribution is 2.21. The monoisotopic (exact) mass is 346 g/mol. The standard InChI is InChI=1S/C13H16BrClN2O2/c1-4-17(3)13(19)8(2)16-12(18)10-6-5-9(15)7-11(10)14/h5-8H,4H2,1-3H3,(H,16,18). The second-order valence-electron chi connectivity index (χ2n) is 4.17. The van der Waals surface area contributed by atoms with Crippen molar-refractivity contribution in [2.75, 3.05) is 13.6 Å². The first-order valence-electron chi connectivity index (χ1n) is 5.87. The molecule has 104 valence electrons. The average Bonchev–Trinajstić information content (AvgIpc) is 2.36. The smallest absolute Gasteiger partial charge is 0.253 e. The van der Waals surface area contributed by atoms with Crippen LogP contribution in [0.4, 0.5) is 0 Å². The third-order valence-electron chi connectivity index (χ3n) is 2.74. The van der Waals surface area contributed by atoms with Crippen LogP contribution in [0, 0.1) is 0 Å². The van der Waals surface area contributed by atoms with E-state index in [2.05, 4.69) is 21.2 Å². The van der Waals surface area contributed by atoms with Crippen LogP contribution in [0.3, 0.4) is 0 Å². The Morgan fingerprint density at radius 2 is 2.11 bits per heavy atom. The zero-order chi connectivity index (χ0) is 14.6. The first kappa shape index (κ1) is 16.0. The number of likely N-dealkylation sites (N-methyl/N-ethyl adjacent to an activating group) is 1. The summed E-state index contributed by atoms with van der Waals surface area (Å²) in [4.78, 5) is 25.5. The van der Waals surface area contributed by atoms with Gasteiger partial charge >= 0.3 is 0 Å². The van der Waals surface area contributed by atoms with Gasteiger partial charge in [-0.15, -0.1) is 0 Å². The second kappa shape index (κ2) is 6.91. The fraction of sp³-hybridized carbons (Fsp3) is 0.385. The fourth-order valence-electron chi connectivity index (χ4n) is 1.50. The summed E-state index contributed by atoms with van der Waals surface area (Å²) in [7, 11) is 1.70. The van der Waals surface area contributed by atoms with Crippen LogP contribution < -0.4 is 5.32 Å². The normalized spacial score (nSPS) is 11.8. The molecule has 4 nitrogen and oxygen atoms in total. The molecule has 0 spiro atoms. The predicted molar refractivity (Wildman–Crippen MR) is 79.4 cm³/mol. The highest BCUT2D eigenvalue weighted by Gasteiger charge is 2.20. The van der Waals surface area contributed by atoms with E-state index in [4.69, 9.17) is 11.6 Å². The lowest BCUT2D eigenvalue weighted by molar-refractivity contribution is -0.131. The van der Waals surface area contributed by atoms with Crippen molar-refractivity contribution in [1.82, 2.24) is 10.2 Å². The topological polar surface area (TPSA) is 49.4 Å². The van der Waals surface area contributed by atoms with Gasteiger partial charge in [0.05, 0.1) is 5.56 Å². The molecule has 6 heteroatoms. The number of hydrogen-bond donors (Lipinski definition) is 1. The second-order valence-corrected chi connectivity index (χ2v) is 5.46. The first-order valence-corrected chi connectivity index (χ1v) is 7.04. The summed E-state index contributed by atoms with van der Waals surface area (Å²) >= 11 is 9.09. The lowest BCUT2D eigenvalue weighted by atomic mass is 10.2. The van der Waals surface area contributed by atoms with Gasteiger partial charge in [0.2, 0.25) is 5.91 Å². The van der Waals surface area contributed by atoms with E-state index in [0.717, 1.165) is 0 Å². The maximum atomic E-state index is 12.0. The van der Waals surface area contributed by atoms with Crippen molar-refractivity contribution in [3.8, 4) is 0 Å². The minimum Gasteiger partial charge on any atom is -0.344 e. The Balaban J connectivity index is 2.77. The Morgan fingerprint density at radius 1 is 1.47 bits per heavy atom. The molecule has 0 radical (unpaired) electrons. The quantitative estimate of drug-likeness (QED) is 0.910. The first-order chi connectivity index (χ1) is 8.86. The lowest BCUT2D eigenvalue weighted by Gasteiger charge is -2.20. The molecule has 1 unspecified atom stereocenters. The van der Waals surface area contributed by atoms with Gasteiger partial charge in [-0.05, 0) is 48.0 Å². The molecule has 1 aromatic rings. The number of benzene rings is 1. The number of amides is 2. The average molecular weight is 348 g/mol. The van der Waals surface area contributed by atoms with Crippen LogP contribution in [0.25, 0.3) is 0 Å². The van der Waals surface area contributed by atoms with Gasteiger partial charge in [0.25, 0.3) is 5.91 Å². The molecule has 0 saturated carbocycles. The zero-order valence-electron chi connectivity index (χ0n) is 11.0. The van der Waals surface area contributed by atoms with E-state index in [9.17, 15) is 9.59 Å². The van der Waals surface area contributed by atoms with Crippen LogP contribution in [0.5, 0.6) is 0 Å². The van der Waals surface area contributed by atoms with Crippen LogP contribution in [0.15, 0.2) is 22.7 Å². The Bertz CT molecular complexity index is 494. The molecular weight excluding hydrogens is 332 g/mol. The highest BCUT2D eigenvalue weighted by molar-refractivity contribution is 9.10. The van der Waals surface area contributed by atoms with Gasteiger partial charge in [0.15, 0.2) is 0 Å². The summed E-state index contributed by atoms with van der Waals surface area (Å²) in [6, 6.07) is 4.31. The molecule has 0 aliphatic rings. The van der Waals surface area contributed by atoms with Gasteiger partial charge in [0.1, 0.15) is 6.04 Å². The molecule has 1 N–H and O–H groups in total. The Labute approximate surface area is 126 Å². The molecule has 2 amide bonds. The number of halogens is 2. The number of nitrogens with zero attached hydrogens (tertiary/aromatic N) is 1. The molecule has 0 aromatic heterocycles. The number of nitrogens with one attached hydrogen (secondary N) is 1. The van der Waals surface area contributed by atoms with E-state index < -0.39 is 6.04 Å². The third kappa shape index (κ3) is 4.21. The van der Waals surface area contributed by atoms with Gasteiger partial charge in [-0.3, -0.25) is 9.59 Å². The van der Waals surface area contributed by atoms with E-state index in [-0.39, 0.29) is 11.8 Å². The molecule has 0 aliphatic carbocycles. The molecule has 0 bridgehead atoms. The van der Waals surface area contributed by atoms with Crippen molar-refractivity contribution in [3.05, 3.63) is 33.3 Å². The SMILES string of the molecule is CCN(C)C(=O)C(C)NC(=O)c1ccc(Cl)cc1Br. The molecular formula is C13H16BrClN2O2. The van der Waals surface area contributed by atoms with Crippen molar-refractivity contribution in [3.63, 3.8) is 0 Å². The van der Waals surface area contributed by atoms with E-state index in [0.29, 0.717) is 21.6 Å². The van der Waals surface area contributed by atoms with E-state index in [1.807, 2.05) is 6.92 Å². The third-order valence-corrected chi connectivity index (χ3v) is 3.64. The summed E-state index contributed by atoms with van der Waals surface area (Å²) in [5, 5.41) is 3.21. The fourth-order valence-corrected chi connectivity index (χ4v) is 2.36. The van der Waals surface area contributed by atoms with Gasteiger partial charge in [-0.25, -0.2) is 0 Å². The Hall–Kier alpha value is -1.07. The van der Waals surface area contributed by atoms with Crippen molar-refractivity contribution in [2.45, 2.75) is 19.9 Å². The molecule has 0 heterocycles. The summed E-state index contributed by atoms with van der Waals surface area (Å²) in [6.07, 6.45) is 0. The van der Waals surface area contributed by atoms with E-state index >= 15 is 0 Å². The van der Waals surface area contributed by atoms with Crippen molar-refractivity contribution in [2.24, 2.45) is 0 Å². The number of rotatable bonds is 4. The zero-order valence-corrected chi connectivity index (χ0v) is 13.4. The molecule has 0 aliphatic heterocycles. The summed E-state index contributed by atoms with van der Waals surface area (Å²) in [6.45, 7) is 4.14. The molecule has 1 aromatic carbocycles. The molecule has 19 heavy (non-hydrogen) atoms.